The van der Waals surface area contributed by atoms with Crippen molar-refractivity contribution in [3.8, 4) is 11.1 Å². The number of aromatic nitrogens is 3. The summed E-state index contributed by atoms with van der Waals surface area (Å²) in [4.78, 5) is 17.1. The maximum Gasteiger partial charge on any atom is 0.269 e. The molecule has 2 aromatic heterocycles. The first-order valence-corrected chi connectivity index (χ1v) is 8.74. The van der Waals surface area contributed by atoms with E-state index < -0.39 is 5.82 Å². The minimum absolute atomic E-state index is 0.200. The number of carbonyl (C=O) groups is 1. The molecule has 2 heterocycles. The van der Waals surface area contributed by atoms with E-state index in [1.165, 1.54) is 6.07 Å². The van der Waals surface area contributed by atoms with Crippen LogP contribution in [-0.4, -0.2) is 20.5 Å². The molecule has 0 aliphatic heterocycles. The Bertz CT molecular complexity index is 952. The lowest BCUT2D eigenvalue weighted by Gasteiger charge is -2.10. The Hall–Kier alpha value is -2.67. The zero-order chi connectivity index (χ0) is 17.4. The van der Waals surface area contributed by atoms with Crippen LogP contribution in [0.1, 0.15) is 39.7 Å². The summed E-state index contributed by atoms with van der Waals surface area (Å²) >= 11 is 1.12. The number of amides is 1. The number of benzene rings is 1. The standard InChI is InChI=1S/C18H15FN4OS/c1-10-2-3-12(13-6-14(19)9-20-8-13)7-15(10)21-18(24)17-16(11-4-5-11)22-23-25-17/h2-3,6-9,11H,4-5H2,1H3,(H,21,24). The molecular formula is C18H15FN4OS. The number of nitrogens with zero attached hydrogens (tertiary/aromatic N) is 3. The molecule has 1 aliphatic rings. The second-order valence-corrected chi connectivity index (χ2v) is 6.89. The quantitative estimate of drug-likeness (QED) is 0.763. The van der Waals surface area contributed by atoms with Crippen molar-refractivity contribution in [1.29, 1.82) is 0 Å². The molecule has 1 N–H and O–H groups in total. The molecule has 1 fully saturated rings. The average Bonchev–Trinajstić information content (AvgIpc) is 3.33. The Kier molecular flexibility index (Phi) is 4.01. The maximum atomic E-state index is 13.4. The highest BCUT2D eigenvalue weighted by molar-refractivity contribution is 7.08. The fraction of sp³-hybridized carbons (Fsp3) is 0.222. The number of anilines is 1. The van der Waals surface area contributed by atoms with Crippen molar-refractivity contribution in [3.05, 3.63) is 58.6 Å². The van der Waals surface area contributed by atoms with Gasteiger partial charge in [0.15, 0.2) is 0 Å². The summed E-state index contributed by atoms with van der Waals surface area (Å²) in [5.41, 5.74) is 3.85. The molecule has 1 saturated carbocycles. The Morgan fingerprint density at radius 2 is 2.08 bits per heavy atom. The minimum atomic E-state index is -0.395. The van der Waals surface area contributed by atoms with Crippen LogP contribution in [0.25, 0.3) is 11.1 Å². The number of hydrogen-bond donors (Lipinski definition) is 1. The third kappa shape index (κ3) is 3.28. The monoisotopic (exact) mass is 354 g/mol. The average molecular weight is 354 g/mol. The van der Waals surface area contributed by atoms with Crippen LogP contribution in [0.15, 0.2) is 36.7 Å². The molecule has 1 amide bonds. The SMILES string of the molecule is Cc1ccc(-c2cncc(F)c2)cc1NC(=O)c1snnc1C1CC1. The van der Waals surface area contributed by atoms with Crippen molar-refractivity contribution < 1.29 is 9.18 Å². The molecule has 0 saturated heterocycles. The van der Waals surface area contributed by atoms with Crippen molar-refractivity contribution in [3.63, 3.8) is 0 Å². The molecule has 0 unspecified atom stereocenters. The van der Waals surface area contributed by atoms with Crippen molar-refractivity contribution in [1.82, 2.24) is 14.6 Å². The molecule has 25 heavy (non-hydrogen) atoms. The minimum Gasteiger partial charge on any atom is -0.321 e. The molecular weight excluding hydrogens is 339 g/mol. The summed E-state index contributed by atoms with van der Waals surface area (Å²) in [6.07, 6.45) is 4.88. The van der Waals surface area contributed by atoms with Crippen LogP contribution in [0, 0.1) is 12.7 Å². The Morgan fingerprint density at radius 3 is 2.84 bits per heavy atom. The molecule has 126 valence electrons. The van der Waals surface area contributed by atoms with Crippen molar-refractivity contribution in [2.45, 2.75) is 25.7 Å². The molecule has 5 nitrogen and oxygen atoms in total. The number of nitrogens with one attached hydrogen (secondary N) is 1. The molecule has 4 rings (SSSR count). The van der Waals surface area contributed by atoms with Gasteiger partial charge in [-0.25, -0.2) is 4.39 Å². The van der Waals surface area contributed by atoms with E-state index in [9.17, 15) is 9.18 Å². The first-order valence-electron chi connectivity index (χ1n) is 7.97. The van der Waals surface area contributed by atoms with Gasteiger partial charge in [-0.1, -0.05) is 16.6 Å². The molecule has 0 atom stereocenters. The van der Waals surface area contributed by atoms with Crippen LogP contribution in [0.3, 0.4) is 0 Å². The molecule has 7 heteroatoms. The molecule has 3 aromatic rings. The van der Waals surface area contributed by atoms with Gasteiger partial charge in [-0.3, -0.25) is 9.78 Å². The van der Waals surface area contributed by atoms with Crippen LogP contribution in [-0.2, 0) is 0 Å². The first-order chi connectivity index (χ1) is 12.1. The largest absolute Gasteiger partial charge is 0.321 e. The molecule has 0 radical (unpaired) electrons. The first kappa shape index (κ1) is 15.8. The van der Waals surface area contributed by atoms with Gasteiger partial charge in [-0.05, 0) is 54.6 Å². The van der Waals surface area contributed by atoms with E-state index in [-0.39, 0.29) is 5.91 Å². The van der Waals surface area contributed by atoms with Crippen molar-refractivity contribution in [2.24, 2.45) is 0 Å². The van der Waals surface area contributed by atoms with E-state index >= 15 is 0 Å². The van der Waals surface area contributed by atoms with E-state index in [0.717, 1.165) is 47.4 Å². The van der Waals surface area contributed by atoms with Gasteiger partial charge in [0, 0.05) is 23.4 Å². The molecule has 0 bridgehead atoms. The van der Waals surface area contributed by atoms with Gasteiger partial charge in [0.05, 0.1) is 11.9 Å². The van der Waals surface area contributed by atoms with Crippen LogP contribution < -0.4 is 5.32 Å². The van der Waals surface area contributed by atoms with E-state index in [1.807, 2.05) is 25.1 Å². The zero-order valence-corrected chi connectivity index (χ0v) is 14.3. The van der Waals surface area contributed by atoms with Crippen molar-refractivity contribution >= 4 is 23.1 Å². The molecule has 1 aliphatic carbocycles. The van der Waals surface area contributed by atoms with Gasteiger partial charge < -0.3 is 5.32 Å². The van der Waals surface area contributed by atoms with Crippen LogP contribution in [0.2, 0.25) is 0 Å². The molecule has 0 spiro atoms. The van der Waals surface area contributed by atoms with Gasteiger partial charge in [-0.15, -0.1) is 5.10 Å². The summed E-state index contributed by atoms with van der Waals surface area (Å²) in [6.45, 7) is 1.91. The second kappa shape index (κ2) is 6.33. The number of rotatable bonds is 4. The van der Waals surface area contributed by atoms with Crippen LogP contribution in [0.5, 0.6) is 0 Å². The van der Waals surface area contributed by atoms with E-state index in [4.69, 9.17) is 0 Å². The highest BCUT2D eigenvalue weighted by Crippen LogP contribution is 2.41. The fourth-order valence-corrected chi connectivity index (χ4v) is 3.31. The third-order valence-corrected chi connectivity index (χ3v) is 4.95. The Morgan fingerprint density at radius 1 is 1.24 bits per heavy atom. The number of aryl methyl sites for hydroxylation is 1. The predicted octanol–water partition coefficient (Wildman–Crippen LogP) is 4.18. The Balaban J connectivity index is 1.62. The highest BCUT2D eigenvalue weighted by Gasteiger charge is 2.31. The van der Waals surface area contributed by atoms with Gasteiger partial charge in [0.25, 0.3) is 5.91 Å². The fourth-order valence-electron chi connectivity index (χ4n) is 2.66. The summed E-state index contributed by atoms with van der Waals surface area (Å²) in [6, 6.07) is 7.02. The van der Waals surface area contributed by atoms with E-state index in [0.29, 0.717) is 22.0 Å². The van der Waals surface area contributed by atoms with Crippen LogP contribution >= 0.6 is 11.5 Å². The van der Waals surface area contributed by atoms with E-state index in [1.54, 1.807) is 6.20 Å². The number of halogens is 1. The lowest BCUT2D eigenvalue weighted by Crippen LogP contribution is -2.13. The summed E-state index contributed by atoms with van der Waals surface area (Å²) < 4.78 is 17.3. The topological polar surface area (TPSA) is 67.8 Å². The second-order valence-electron chi connectivity index (χ2n) is 6.14. The normalized spacial score (nSPS) is 13.7. The molecule has 1 aromatic carbocycles. The summed E-state index contributed by atoms with van der Waals surface area (Å²) in [5.74, 6) is -0.228. The summed E-state index contributed by atoms with van der Waals surface area (Å²) in [7, 11) is 0. The number of pyridine rings is 1. The van der Waals surface area contributed by atoms with E-state index in [2.05, 4.69) is 19.9 Å². The third-order valence-electron chi connectivity index (χ3n) is 4.21. The van der Waals surface area contributed by atoms with Gasteiger partial charge in [0.1, 0.15) is 10.7 Å². The van der Waals surface area contributed by atoms with Gasteiger partial charge in [-0.2, -0.15) is 0 Å². The highest BCUT2D eigenvalue weighted by atomic mass is 32.1. The lowest BCUT2D eigenvalue weighted by atomic mass is 10.0. The lowest BCUT2D eigenvalue weighted by molar-refractivity contribution is 0.102. The number of hydrogen-bond acceptors (Lipinski definition) is 5. The van der Waals surface area contributed by atoms with Gasteiger partial charge >= 0.3 is 0 Å². The predicted molar refractivity (Wildman–Crippen MR) is 94.2 cm³/mol. The smallest absolute Gasteiger partial charge is 0.269 e. The van der Waals surface area contributed by atoms with Crippen molar-refractivity contribution in [2.75, 3.05) is 5.32 Å². The summed E-state index contributed by atoms with van der Waals surface area (Å²) in [5, 5.41) is 7.03. The van der Waals surface area contributed by atoms with Gasteiger partial charge in [0.2, 0.25) is 0 Å². The Labute approximate surface area is 148 Å². The number of carbonyl (C=O) groups excluding carboxylic acids is 1. The van der Waals surface area contributed by atoms with Crippen LogP contribution in [0.4, 0.5) is 10.1 Å². The maximum absolute atomic E-state index is 13.4. The zero-order valence-electron chi connectivity index (χ0n) is 13.5.